The maximum Gasteiger partial charge on any atom is 0.306 e. The summed E-state index contributed by atoms with van der Waals surface area (Å²) >= 11 is 0. The molecule has 0 radical (unpaired) electrons. The van der Waals surface area contributed by atoms with Crippen LogP contribution >= 0.6 is 0 Å². The van der Waals surface area contributed by atoms with Crippen LogP contribution in [-0.4, -0.2) is 18.6 Å². The summed E-state index contributed by atoms with van der Waals surface area (Å²) in [6.45, 7) is 1.52. The van der Waals surface area contributed by atoms with Crippen LogP contribution in [0.1, 0.15) is 44.1 Å². The average Bonchev–Trinajstić information content (AvgIpc) is 2.47. The fourth-order valence-corrected chi connectivity index (χ4v) is 2.47. The van der Waals surface area contributed by atoms with Crippen LogP contribution in [0.3, 0.4) is 0 Å². The van der Waals surface area contributed by atoms with Crippen molar-refractivity contribution >= 4 is 5.97 Å². The van der Waals surface area contributed by atoms with E-state index < -0.39 is 0 Å². The van der Waals surface area contributed by atoms with Crippen LogP contribution < -0.4 is 5.32 Å². The summed E-state index contributed by atoms with van der Waals surface area (Å²) in [6.07, 6.45) is 6.39. The Bertz CT molecular complexity index is 372. The third-order valence-electron chi connectivity index (χ3n) is 3.59. The van der Waals surface area contributed by atoms with Gasteiger partial charge < -0.3 is 10.1 Å². The third-order valence-corrected chi connectivity index (χ3v) is 3.59. The first-order valence-electron chi connectivity index (χ1n) is 7.27. The lowest BCUT2D eigenvalue weighted by molar-refractivity contribution is -0.145. The van der Waals surface area contributed by atoms with Gasteiger partial charge in [0, 0.05) is 12.5 Å². The molecule has 1 atom stereocenters. The third kappa shape index (κ3) is 5.43. The molecule has 0 aliphatic carbocycles. The molecular formula is C16H23NO2. The van der Waals surface area contributed by atoms with Gasteiger partial charge in [0.25, 0.3) is 0 Å². The van der Waals surface area contributed by atoms with Crippen molar-refractivity contribution in [2.75, 3.05) is 6.54 Å². The Hall–Kier alpha value is -1.35. The van der Waals surface area contributed by atoms with Crippen LogP contribution in [0.2, 0.25) is 0 Å². The molecule has 0 spiro atoms. The molecule has 104 valence electrons. The number of carbonyl (C=O) groups is 1. The predicted octanol–water partition coefficient (Wildman–Crippen LogP) is 3.04. The highest BCUT2D eigenvalue weighted by molar-refractivity contribution is 5.69. The van der Waals surface area contributed by atoms with E-state index in [-0.39, 0.29) is 5.97 Å². The van der Waals surface area contributed by atoms with Crippen LogP contribution in [0.5, 0.6) is 0 Å². The van der Waals surface area contributed by atoms with Crippen molar-refractivity contribution in [2.24, 2.45) is 0 Å². The molecule has 3 heteroatoms. The highest BCUT2D eigenvalue weighted by atomic mass is 16.5. The van der Waals surface area contributed by atoms with Crippen molar-refractivity contribution < 1.29 is 9.53 Å². The van der Waals surface area contributed by atoms with Gasteiger partial charge in [-0.05, 0) is 37.8 Å². The second kappa shape index (κ2) is 7.95. The van der Waals surface area contributed by atoms with E-state index in [0.717, 1.165) is 24.9 Å². The van der Waals surface area contributed by atoms with Gasteiger partial charge in [-0.2, -0.15) is 0 Å². The quantitative estimate of drug-likeness (QED) is 0.800. The highest BCUT2D eigenvalue weighted by Gasteiger charge is 2.13. The van der Waals surface area contributed by atoms with E-state index in [2.05, 4.69) is 5.32 Å². The Morgan fingerprint density at radius 1 is 1.26 bits per heavy atom. The zero-order valence-corrected chi connectivity index (χ0v) is 11.4. The first-order valence-corrected chi connectivity index (χ1v) is 7.27. The van der Waals surface area contributed by atoms with Gasteiger partial charge in [-0.25, -0.2) is 0 Å². The Kier molecular flexibility index (Phi) is 5.89. The zero-order chi connectivity index (χ0) is 13.3. The maximum atomic E-state index is 11.6. The molecule has 1 saturated heterocycles. The number of esters is 1. The van der Waals surface area contributed by atoms with E-state index in [9.17, 15) is 4.79 Å². The molecule has 1 aliphatic heterocycles. The van der Waals surface area contributed by atoms with Crippen LogP contribution in [0.15, 0.2) is 30.3 Å². The Morgan fingerprint density at radius 3 is 2.84 bits per heavy atom. The van der Waals surface area contributed by atoms with Crippen molar-refractivity contribution in [1.29, 1.82) is 0 Å². The van der Waals surface area contributed by atoms with E-state index >= 15 is 0 Å². The summed E-state index contributed by atoms with van der Waals surface area (Å²) in [5, 5.41) is 3.50. The van der Waals surface area contributed by atoms with Crippen molar-refractivity contribution in [3.63, 3.8) is 0 Å². The zero-order valence-electron chi connectivity index (χ0n) is 11.4. The lowest BCUT2D eigenvalue weighted by Crippen LogP contribution is -2.33. The summed E-state index contributed by atoms with van der Waals surface area (Å²) in [7, 11) is 0. The molecule has 1 aliphatic rings. The molecule has 19 heavy (non-hydrogen) atoms. The van der Waals surface area contributed by atoms with E-state index in [4.69, 9.17) is 4.74 Å². The Morgan fingerprint density at radius 2 is 2.11 bits per heavy atom. The topological polar surface area (TPSA) is 38.3 Å². The molecule has 0 amide bonds. The molecule has 1 heterocycles. The minimum Gasteiger partial charge on any atom is -0.461 e. The van der Waals surface area contributed by atoms with Gasteiger partial charge >= 0.3 is 5.97 Å². The Labute approximate surface area is 115 Å². The van der Waals surface area contributed by atoms with E-state index in [1.54, 1.807) is 0 Å². The summed E-state index contributed by atoms with van der Waals surface area (Å²) in [5.41, 5.74) is 1.05. The molecule has 2 rings (SSSR count). The monoisotopic (exact) mass is 261 g/mol. The van der Waals surface area contributed by atoms with Gasteiger partial charge in [0.15, 0.2) is 0 Å². The van der Waals surface area contributed by atoms with Gasteiger partial charge in [0.05, 0.1) is 0 Å². The minimum absolute atomic E-state index is 0.0836. The van der Waals surface area contributed by atoms with Gasteiger partial charge in [0.2, 0.25) is 0 Å². The molecule has 1 N–H and O–H groups in total. The number of piperidine rings is 1. The van der Waals surface area contributed by atoms with Gasteiger partial charge in [0.1, 0.15) is 6.61 Å². The summed E-state index contributed by atoms with van der Waals surface area (Å²) in [6, 6.07) is 10.4. The second-order valence-corrected chi connectivity index (χ2v) is 5.19. The van der Waals surface area contributed by atoms with E-state index in [0.29, 0.717) is 19.1 Å². The first-order chi connectivity index (χ1) is 9.34. The number of benzene rings is 1. The highest BCUT2D eigenvalue weighted by Crippen LogP contribution is 2.13. The molecule has 1 fully saturated rings. The molecule has 0 aromatic heterocycles. The molecule has 1 aromatic rings. The summed E-state index contributed by atoms with van der Waals surface area (Å²) in [4.78, 5) is 11.6. The minimum atomic E-state index is -0.0836. The molecule has 1 unspecified atom stereocenters. The van der Waals surface area contributed by atoms with Gasteiger partial charge in [-0.1, -0.05) is 36.8 Å². The van der Waals surface area contributed by atoms with Gasteiger partial charge in [-0.15, -0.1) is 0 Å². The number of hydrogen-bond acceptors (Lipinski definition) is 3. The molecule has 0 bridgehead atoms. The number of rotatable bonds is 6. The number of ether oxygens (including phenoxy) is 1. The molecule has 0 saturated carbocycles. The average molecular weight is 261 g/mol. The fraction of sp³-hybridized carbons (Fsp3) is 0.562. The lowest BCUT2D eigenvalue weighted by Gasteiger charge is -2.23. The SMILES string of the molecule is O=C(CCCC1CCCCN1)OCc1ccccc1. The van der Waals surface area contributed by atoms with Crippen LogP contribution in [-0.2, 0) is 16.1 Å². The molecule has 3 nitrogen and oxygen atoms in total. The largest absolute Gasteiger partial charge is 0.461 e. The van der Waals surface area contributed by atoms with Crippen molar-refractivity contribution in [2.45, 2.75) is 51.2 Å². The number of nitrogens with one attached hydrogen (secondary N) is 1. The summed E-state index contributed by atoms with van der Waals surface area (Å²) < 4.78 is 5.26. The number of carbonyl (C=O) groups excluding carboxylic acids is 1. The van der Waals surface area contributed by atoms with E-state index in [1.807, 2.05) is 30.3 Å². The maximum absolute atomic E-state index is 11.6. The van der Waals surface area contributed by atoms with Crippen LogP contribution in [0, 0.1) is 0 Å². The standard InChI is InChI=1S/C16H23NO2/c18-16(19-13-14-7-2-1-3-8-14)11-6-10-15-9-4-5-12-17-15/h1-3,7-8,15,17H,4-6,9-13H2. The molecule has 1 aromatic carbocycles. The predicted molar refractivity (Wildman–Crippen MR) is 75.7 cm³/mol. The first kappa shape index (κ1) is 14.1. The Balaban J connectivity index is 1.57. The van der Waals surface area contributed by atoms with Crippen molar-refractivity contribution in [3.8, 4) is 0 Å². The second-order valence-electron chi connectivity index (χ2n) is 5.19. The fourth-order valence-electron chi connectivity index (χ4n) is 2.47. The van der Waals surface area contributed by atoms with Crippen molar-refractivity contribution in [3.05, 3.63) is 35.9 Å². The number of hydrogen-bond donors (Lipinski definition) is 1. The summed E-state index contributed by atoms with van der Waals surface area (Å²) in [5.74, 6) is -0.0836. The van der Waals surface area contributed by atoms with Crippen LogP contribution in [0.4, 0.5) is 0 Å². The van der Waals surface area contributed by atoms with Gasteiger partial charge in [-0.3, -0.25) is 4.79 Å². The smallest absolute Gasteiger partial charge is 0.306 e. The molecular weight excluding hydrogens is 238 g/mol. The van der Waals surface area contributed by atoms with Crippen molar-refractivity contribution in [1.82, 2.24) is 5.32 Å². The van der Waals surface area contributed by atoms with Crippen LogP contribution in [0.25, 0.3) is 0 Å². The lowest BCUT2D eigenvalue weighted by atomic mass is 10.00. The van der Waals surface area contributed by atoms with E-state index in [1.165, 1.54) is 19.3 Å². The normalized spacial score (nSPS) is 19.1.